The van der Waals surface area contributed by atoms with Crippen molar-refractivity contribution in [3.63, 3.8) is 0 Å². The third-order valence-corrected chi connectivity index (χ3v) is 2.28. The summed E-state index contributed by atoms with van der Waals surface area (Å²) in [6, 6.07) is -0.367. The van der Waals surface area contributed by atoms with Gasteiger partial charge in [0.2, 0.25) is 5.69 Å². The minimum atomic E-state index is -0.646. The topological polar surface area (TPSA) is 84.4 Å². The van der Waals surface area contributed by atoms with E-state index in [0.717, 1.165) is 11.5 Å². The number of urea groups is 1. The smallest absolute Gasteiger partial charge is 0.362 e. The molecule has 0 radical (unpaired) electrons. The molecule has 1 N–H and O–H groups in total. The van der Waals surface area contributed by atoms with Crippen molar-refractivity contribution in [2.24, 2.45) is 0 Å². The zero-order valence-corrected chi connectivity index (χ0v) is 10.3. The maximum absolute atomic E-state index is 11.5. The predicted molar refractivity (Wildman–Crippen MR) is 63.1 cm³/mol. The summed E-state index contributed by atoms with van der Waals surface area (Å²) in [5, 5.41) is 6.37. The minimum absolute atomic E-state index is 0.00736. The maximum atomic E-state index is 11.5. The van der Waals surface area contributed by atoms with Gasteiger partial charge in [0.25, 0.3) is 0 Å². The second-order valence-electron chi connectivity index (χ2n) is 3.16. The van der Waals surface area contributed by atoms with Crippen LogP contribution in [0.2, 0.25) is 0 Å². The number of ether oxygens (including phenoxy) is 1. The van der Waals surface area contributed by atoms with Gasteiger partial charge in [-0.2, -0.15) is 0 Å². The second-order valence-corrected chi connectivity index (χ2v) is 3.92. The van der Waals surface area contributed by atoms with Crippen LogP contribution in [-0.4, -0.2) is 47.2 Å². The first-order chi connectivity index (χ1) is 8.06. The quantitative estimate of drug-likeness (QED) is 0.641. The van der Waals surface area contributed by atoms with Crippen molar-refractivity contribution in [2.75, 3.05) is 26.0 Å². The monoisotopic (exact) mass is 256 g/mol. The molecule has 0 spiro atoms. The maximum Gasteiger partial charge on any atom is 0.362 e. The number of hydrogen-bond donors (Lipinski definition) is 1. The molecule has 7 nitrogen and oxygen atoms in total. The van der Waals surface area contributed by atoms with E-state index in [4.69, 9.17) is 4.74 Å². The van der Waals surface area contributed by atoms with Gasteiger partial charge in [-0.25, -0.2) is 9.59 Å². The fraction of sp³-hybridized carbons (Fsp3) is 0.333. The van der Waals surface area contributed by atoms with Crippen LogP contribution < -0.4 is 5.32 Å². The molecule has 1 aromatic heterocycles. The van der Waals surface area contributed by atoms with Gasteiger partial charge in [-0.15, -0.1) is 5.10 Å². The Morgan fingerprint density at radius 1 is 1.59 bits per heavy atom. The van der Waals surface area contributed by atoms with E-state index in [-0.39, 0.29) is 23.3 Å². The molecule has 0 aliphatic rings. The zero-order valence-electron chi connectivity index (χ0n) is 9.47. The first kappa shape index (κ1) is 13.1. The van der Waals surface area contributed by atoms with Gasteiger partial charge in [0, 0.05) is 25.6 Å². The standard InChI is InChI=1S/C9H12N4O3S/c1-4-5-16-8(14)6-7(17-12-11-6)10-9(15)13(2)3/h4H,1,5H2,2-3H3,(H,10,15). The molecule has 0 unspecified atom stereocenters. The summed E-state index contributed by atoms with van der Waals surface area (Å²) in [6.07, 6.45) is 1.44. The lowest BCUT2D eigenvalue weighted by Crippen LogP contribution is -2.27. The van der Waals surface area contributed by atoms with E-state index < -0.39 is 5.97 Å². The Morgan fingerprint density at radius 2 is 2.29 bits per heavy atom. The second kappa shape index (κ2) is 5.94. The van der Waals surface area contributed by atoms with Gasteiger partial charge in [0.1, 0.15) is 6.61 Å². The minimum Gasteiger partial charge on any atom is -0.457 e. The molecule has 2 amide bonds. The average molecular weight is 256 g/mol. The largest absolute Gasteiger partial charge is 0.457 e. The number of amides is 2. The molecule has 92 valence electrons. The predicted octanol–water partition coefficient (Wildman–Crippen LogP) is 0.974. The Kier molecular flexibility index (Phi) is 4.58. The molecule has 0 saturated carbocycles. The number of esters is 1. The SMILES string of the molecule is C=CCOC(=O)c1nnsc1NC(=O)N(C)C. The lowest BCUT2D eigenvalue weighted by molar-refractivity contribution is 0.0544. The zero-order chi connectivity index (χ0) is 12.8. The number of anilines is 1. The van der Waals surface area contributed by atoms with Crippen LogP contribution in [-0.2, 0) is 4.74 Å². The van der Waals surface area contributed by atoms with E-state index in [1.54, 1.807) is 14.1 Å². The van der Waals surface area contributed by atoms with E-state index in [1.165, 1.54) is 11.0 Å². The van der Waals surface area contributed by atoms with Crippen molar-refractivity contribution in [1.29, 1.82) is 0 Å². The summed E-state index contributed by atoms with van der Waals surface area (Å²) in [7, 11) is 3.17. The summed E-state index contributed by atoms with van der Waals surface area (Å²) < 4.78 is 8.40. The lowest BCUT2D eigenvalue weighted by atomic mass is 10.4. The summed E-state index contributed by atoms with van der Waals surface area (Å²) in [6.45, 7) is 3.50. The number of aromatic nitrogens is 2. The summed E-state index contributed by atoms with van der Waals surface area (Å²) in [4.78, 5) is 24.2. The molecule has 8 heteroatoms. The van der Waals surface area contributed by atoms with Crippen LogP contribution in [0.1, 0.15) is 10.5 Å². The van der Waals surface area contributed by atoms with E-state index in [9.17, 15) is 9.59 Å². The molecule has 1 rings (SSSR count). The Morgan fingerprint density at radius 3 is 2.88 bits per heavy atom. The molecule has 0 bridgehead atoms. The van der Waals surface area contributed by atoms with E-state index >= 15 is 0 Å². The molecule has 0 atom stereocenters. The molecule has 0 fully saturated rings. The first-order valence-corrected chi connectivity index (χ1v) is 5.42. The van der Waals surface area contributed by atoms with Crippen molar-refractivity contribution in [2.45, 2.75) is 0 Å². The fourth-order valence-corrected chi connectivity index (χ4v) is 1.37. The highest BCUT2D eigenvalue weighted by Crippen LogP contribution is 2.18. The van der Waals surface area contributed by atoms with Crippen LogP contribution in [0.5, 0.6) is 0 Å². The lowest BCUT2D eigenvalue weighted by Gasteiger charge is -2.10. The Hall–Kier alpha value is -1.96. The molecule has 0 aliphatic carbocycles. The van der Waals surface area contributed by atoms with Crippen molar-refractivity contribution >= 4 is 28.5 Å². The van der Waals surface area contributed by atoms with Crippen LogP contribution in [0.15, 0.2) is 12.7 Å². The summed E-state index contributed by atoms with van der Waals surface area (Å²) in [5.74, 6) is -0.646. The Bertz CT molecular complexity index is 430. The van der Waals surface area contributed by atoms with E-state index in [1.807, 2.05) is 0 Å². The summed E-state index contributed by atoms with van der Waals surface area (Å²) in [5.41, 5.74) is -0.00736. The molecule has 1 aromatic rings. The number of carbonyl (C=O) groups excluding carboxylic acids is 2. The van der Waals surface area contributed by atoms with E-state index in [0.29, 0.717) is 0 Å². The number of nitrogens with one attached hydrogen (secondary N) is 1. The highest BCUT2D eigenvalue weighted by atomic mass is 32.1. The Labute approximate surface area is 102 Å². The van der Waals surface area contributed by atoms with Gasteiger partial charge in [0.05, 0.1) is 0 Å². The van der Waals surface area contributed by atoms with Crippen LogP contribution in [0.4, 0.5) is 9.80 Å². The molecular formula is C9H12N4O3S. The molecular weight excluding hydrogens is 244 g/mol. The third-order valence-electron chi connectivity index (χ3n) is 1.64. The van der Waals surface area contributed by atoms with Gasteiger partial charge < -0.3 is 9.64 Å². The Balaban J connectivity index is 2.75. The van der Waals surface area contributed by atoms with Gasteiger partial charge in [-0.05, 0) is 0 Å². The van der Waals surface area contributed by atoms with Crippen LogP contribution in [0.25, 0.3) is 0 Å². The van der Waals surface area contributed by atoms with Crippen molar-refractivity contribution in [1.82, 2.24) is 14.5 Å². The number of nitrogens with zero attached hydrogens (tertiary/aromatic N) is 3. The number of rotatable bonds is 4. The van der Waals surface area contributed by atoms with Crippen molar-refractivity contribution in [3.05, 3.63) is 18.3 Å². The van der Waals surface area contributed by atoms with Gasteiger partial charge in [0.15, 0.2) is 5.00 Å². The summed E-state index contributed by atoms with van der Waals surface area (Å²) >= 11 is 0.911. The van der Waals surface area contributed by atoms with Crippen LogP contribution in [0.3, 0.4) is 0 Å². The highest BCUT2D eigenvalue weighted by Gasteiger charge is 2.19. The number of carbonyl (C=O) groups is 2. The van der Waals surface area contributed by atoms with Gasteiger partial charge in [-0.1, -0.05) is 17.1 Å². The molecule has 1 heterocycles. The van der Waals surface area contributed by atoms with Crippen molar-refractivity contribution in [3.8, 4) is 0 Å². The average Bonchev–Trinajstić information content (AvgIpc) is 2.73. The van der Waals surface area contributed by atoms with Gasteiger partial charge in [-0.3, -0.25) is 5.32 Å². The molecule has 17 heavy (non-hydrogen) atoms. The molecule has 0 aliphatic heterocycles. The van der Waals surface area contributed by atoms with Gasteiger partial charge >= 0.3 is 12.0 Å². The van der Waals surface area contributed by atoms with Crippen LogP contribution in [0, 0.1) is 0 Å². The third kappa shape index (κ3) is 3.52. The first-order valence-electron chi connectivity index (χ1n) is 4.65. The van der Waals surface area contributed by atoms with Crippen LogP contribution >= 0.6 is 11.5 Å². The fourth-order valence-electron chi connectivity index (χ4n) is 0.818. The van der Waals surface area contributed by atoms with Crippen molar-refractivity contribution < 1.29 is 14.3 Å². The molecule has 0 aromatic carbocycles. The highest BCUT2D eigenvalue weighted by molar-refractivity contribution is 7.10. The number of hydrogen-bond acceptors (Lipinski definition) is 6. The normalized spacial score (nSPS) is 9.53. The van der Waals surface area contributed by atoms with E-state index in [2.05, 4.69) is 21.5 Å². The molecule has 0 saturated heterocycles.